The lowest BCUT2D eigenvalue weighted by Gasteiger charge is -2.05. The van der Waals surface area contributed by atoms with E-state index < -0.39 is 0 Å². The van der Waals surface area contributed by atoms with E-state index >= 15 is 0 Å². The second kappa shape index (κ2) is 7.33. The standard InChI is InChI=1S/C21H19N3S/c1-14-4-7-17(8-5-14)20-13-25-21(24-20)18(11-22)12-23-19-9-6-15(2)16(3)10-19/h4-10,12-13,23H,1-3H3. The summed E-state index contributed by atoms with van der Waals surface area (Å²) in [7, 11) is 0. The number of benzene rings is 2. The minimum Gasteiger partial charge on any atom is -0.360 e. The molecule has 0 aliphatic carbocycles. The zero-order chi connectivity index (χ0) is 17.8. The quantitative estimate of drug-likeness (QED) is 0.616. The number of thiazole rings is 1. The van der Waals surface area contributed by atoms with E-state index in [1.54, 1.807) is 6.20 Å². The Bertz CT molecular complexity index is 960. The summed E-state index contributed by atoms with van der Waals surface area (Å²) in [6.07, 6.45) is 1.72. The van der Waals surface area contributed by atoms with E-state index in [0.717, 1.165) is 22.0 Å². The van der Waals surface area contributed by atoms with Gasteiger partial charge in [-0.05, 0) is 44.0 Å². The maximum Gasteiger partial charge on any atom is 0.136 e. The van der Waals surface area contributed by atoms with Crippen molar-refractivity contribution in [2.24, 2.45) is 0 Å². The predicted molar refractivity (Wildman–Crippen MR) is 105 cm³/mol. The Morgan fingerprint density at radius 3 is 2.52 bits per heavy atom. The van der Waals surface area contributed by atoms with Crippen LogP contribution in [0.4, 0.5) is 5.69 Å². The van der Waals surface area contributed by atoms with E-state index in [0.29, 0.717) is 5.57 Å². The number of hydrogen-bond donors (Lipinski definition) is 1. The molecule has 0 atom stereocenters. The van der Waals surface area contributed by atoms with Crippen molar-refractivity contribution in [2.75, 3.05) is 5.32 Å². The van der Waals surface area contributed by atoms with Crippen LogP contribution >= 0.6 is 11.3 Å². The Morgan fingerprint density at radius 1 is 1.08 bits per heavy atom. The summed E-state index contributed by atoms with van der Waals surface area (Å²) in [6, 6.07) is 16.6. The Hall–Kier alpha value is -2.90. The smallest absolute Gasteiger partial charge is 0.136 e. The summed E-state index contributed by atoms with van der Waals surface area (Å²) in [5, 5.41) is 15.4. The van der Waals surface area contributed by atoms with E-state index in [-0.39, 0.29) is 0 Å². The Morgan fingerprint density at radius 2 is 1.84 bits per heavy atom. The maximum atomic E-state index is 9.48. The number of aryl methyl sites for hydroxylation is 3. The van der Waals surface area contributed by atoms with Gasteiger partial charge in [0, 0.05) is 22.8 Å². The van der Waals surface area contributed by atoms with Crippen molar-refractivity contribution in [2.45, 2.75) is 20.8 Å². The molecule has 1 aromatic heterocycles. The van der Waals surface area contributed by atoms with Crippen LogP contribution in [0.1, 0.15) is 21.7 Å². The highest BCUT2D eigenvalue weighted by atomic mass is 32.1. The second-order valence-electron chi connectivity index (χ2n) is 6.02. The molecular formula is C21H19N3S. The molecule has 0 saturated heterocycles. The highest BCUT2D eigenvalue weighted by Gasteiger charge is 2.09. The van der Waals surface area contributed by atoms with Crippen LogP contribution in [0.2, 0.25) is 0 Å². The molecule has 0 saturated carbocycles. The highest BCUT2D eigenvalue weighted by molar-refractivity contribution is 7.11. The van der Waals surface area contributed by atoms with Crippen molar-refractivity contribution < 1.29 is 0 Å². The van der Waals surface area contributed by atoms with Crippen LogP contribution in [0.5, 0.6) is 0 Å². The number of rotatable bonds is 4. The fourth-order valence-corrected chi connectivity index (χ4v) is 3.18. The van der Waals surface area contributed by atoms with Crippen LogP contribution in [0, 0.1) is 32.1 Å². The molecule has 0 aliphatic rings. The molecule has 1 heterocycles. The van der Waals surface area contributed by atoms with Crippen LogP contribution in [-0.4, -0.2) is 4.98 Å². The molecule has 0 bridgehead atoms. The molecule has 0 aliphatic heterocycles. The first-order chi connectivity index (χ1) is 12.1. The zero-order valence-corrected chi connectivity index (χ0v) is 15.3. The van der Waals surface area contributed by atoms with E-state index in [4.69, 9.17) is 0 Å². The largest absolute Gasteiger partial charge is 0.360 e. The van der Waals surface area contributed by atoms with Crippen molar-refractivity contribution in [3.63, 3.8) is 0 Å². The molecule has 3 rings (SSSR count). The highest BCUT2D eigenvalue weighted by Crippen LogP contribution is 2.26. The van der Waals surface area contributed by atoms with Gasteiger partial charge >= 0.3 is 0 Å². The Labute approximate surface area is 152 Å². The zero-order valence-electron chi connectivity index (χ0n) is 14.5. The van der Waals surface area contributed by atoms with Crippen molar-refractivity contribution in [1.82, 2.24) is 4.98 Å². The van der Waals surface area contributed by atoms with E-state index in [1.165, 1.54) is 28.0 Å². The van der Waals surface area contributed by atoms with Gasteiger partial charge in [0.2, 0.25) is 0 Å². The number of allylic oxidation sites excluding steroid dienone is 1. The van der Waals surface area contributed by atoms with Gasteiger partial charge in [-0.25, -0.2) is 4.98 Å². The molecule has 3 aromatic rings. The number of aromatic nitrogens is 1. The molecule has 0 unspecified atom stereocenters. The van der Waals surface area contributed by atoms with Gasteiger partial charge in [0.25, 0.3) is 0 Å². The number of nitriles is 1. The number of nitrogens with zero attached hydrogens (tertiary/aromatic N) is 2. The minimum absolute atomic E-state index is 0.529. The van der Waals surface area contributed by atoms with Gasteiger partial charge in [0.1, 0.15) is 16.6 Å². The molecular weight excluding hydrogens is 326 g/mol. The van der Waals surface area contributed by atoms with Crippen molar-refractivity contribution in [1.29, 1.82) is 5.26 Å². The minimum atomic E-state index is 0.529. The average Bonchev–Trinajstić information content (AvgIpc) is 3.09. The normalized spacial score (nSPS) is 11.2. The first kappa shape index (κ1) is 16.9. The summed E-state index contributed by atoms with van der Waals surface area (Å²) in [4.78, 5) is 4.61. The van der Waals surface area contributed by atoms with Gasteiger partial charge in [-0.15, -0.1) is 11.3 Å². The van der Waals surface area contributed by atoms with Gasteiger partial charge in [-0.3, -0.25) is 0 Å². The van der Waals surface area contributed by atoms with Crippen LogP contribution in [0.15, 0.2) is 54.0 Å². The van der Waals surface area contributed by atoms with E-state index in [2.05, 4.69) is 73.5 Å². The molecule has 0 fully saturated rings. The first-order valence-corrected chi connectivity index (χ1v) is 8.92. The number of nitrogens with one attached hydrogen (secondary N) is 1. The van der Waals surface area contributed by atoms with Gasteiger partial charge in [0.05, 0.1) is 5.69 Å². The van der Waals surface area contributed by atoms with Crippen LogP contribution < -0.4 is 5.32 Å². The SMILES string of the molecule is Cc1ccc(-c2csc(C(C#N)=CNc3ccc(C)c(C)c3)n2)cc1. The summed E-state index contributed by atoms with van der Waals surface area (Å²) < 4.78 is 0. The van der Waals surface area contributed by atoms with Gasteiger partial charge in [0.15, 0.2) is 0 Å². The summed E-state index contributed by atoms with van der Waals surface area (Å²) in [5.74, 6) is 0. The molecule has 1 N–H and O–H groups in total. The van der Waals surface area contributed by atoms with Crippen LogP contribution in [-0.2, 0) is 0 Å². The fourth-order valence-electron chi connectivity index (χ4n) is 2.38. The van der Waals surface area contributed by atoms with Crippen LogP contribution in [0.25, 0.3) is 16.8 Å². The molecule has 25 heavy (non-hydrogen) atoms. The Balaban J connectivity index is 1.82. The summed E-state index contributed by atoms with van der Waals surface area (Å²) >= 11 is 1.48. The molecule has 0 spiro atoms. The molecule has 0 amide bonds. The van der Waals surface area contributed by atoms with Crippen molar-refractivity contribution in [3.05, 3.63) is 75.7 Å². The fraction of sp³-hybridized carbons (Fsp3) is 0.143. The molecule has 124 valence electrons. The lowest BCUT2D eigenvalue weighted by atomic mass is 10.1. The molecule has 0 radical (unpaired) electrons. The van der Waals surface area contributed by atoms with Crippen molar-refractivity contribution >= 4 is 22.6 Å². The third-order valence-electron chi connectivity index (χ3n) is 4.09. The van der Waals surface area contributed by atoms with Crippen LogP contribution in [0.3, 0.4) is 0 Å². The maximum absolute atomic E-state index is 9.48. The lowest BCUT2D eigenvalue weighted by molar-refractivity contribution is 1.33. The second-order valence-corrected chi connectivity index (χ2v) is 6.88. The first-order valence-electron chi connectivity index (χ1n) is 8.04. The Kier molecular flexibility index (Phi) is 4.97. The van der Waals surface area contributed by atoms with Gasteiger partial charge < -0.3 is 5.32 Å². The third-order valence-corrected chi connectivity index (χ3v) is 4.97. The van der Waals surface area contributed by atoms with Crippen molar-refractivity contribution in [3.8, 4) is 17.3 Å². The third kappa shape index (κ3) is 3.96. The topological polar surface area (TPSA) is 48.7 Å². The summed E-state index contributed by atoms with van der Waals surface area (Å²) in [6.45, 7) is 6.22. The van der Waals surface area contributed by atoms with E-state index in [9.17, 15) is 5.26 Å². The number of anilines is 1. The molecule has 4 heteroatoms. The molecule has 3 nitrogen and oxygen atoms in total. The summed E-state index contributed by atoms with van der Waals surface area (Å²) in [5.41, 5.74) is 7.13. The van der Waals surface area contributed by atoms with Gasteiger partial charge in [-0.2, -0.15) is 5.26 Å². The average molecular weight is 345 g/mol. The van der Waals surface area contributed by atoms with Gasteiger partial charge in [-0.1, -0.05) is 35.9 Å². The number of hydrogen-bond acceptors (Lipinski definition) is 4. The monoisotopic (exact) mass is 345 g/mol. The predicted octanol–water partition coefficient (Wildman–Crippen LogP) is 5.71. The molecule has 2 aromatic carbocycles. The van der Waals surface area contributed by atoms with E-state index in [1.807, 2.05) is 11.4 Å². The lowest BCUT2D eigenvalue weighted by Crippen LogP contribution is -1.92.